The third-order valence-electron chi connectivity index (χ3n) is 12.9. The molecule has 2 N–H and O–H groups in total. The van der Waals surface area contributed by atoms with E-state index in [2.05, 4.69) is 199 Å². The van der Waals surface area contributed by atoms with Crippen molar-refractivity contribution in [2.75, 3.05) is 0 Å². The van der Waals surface area contributed by atoms with Crippen LogP contribution in [0.5, 0.6) is 11.5 Å². The van der Waals surface area contributed by atoms with E-state index in [1.165, 1.54) is 81.4 Å². The zero-order valence-electron chi connectivity index (χ0n) is 31.9. The minimum atomic E-state index is -0.478. The number of hydrogen-bond acceptors (Lipinski definition) is 4. The minimum Gasteiger partial charge on any atom is -0.457 e. The van der Waals surface area contributed by atoms with Crippen LogP contribution in [0, 0.1) is 0 Å². The molecule has 3 unspecified atom stereocenters. The Morgan fingerprint density at radius 1 is 0.431 bits per heavy atom. The van der Waals surface area contributed by atoms with Gasteiger partial charge >= 0.3 is 0 Å². The Labute approximate surface area is 342 Å². The molecule has 3 heterocycles. The first-order chi connectivity index (χ1) is 28.7. The Hall–Kier alpha value is -6.30. The van der Waals surface area contributed by atoms with Gasteiger partial charge < -0.3 is 4.74 Å². The number of fused-ring (bicyclic) bond motifs is 12. The minimum absolute atomic E-state index is 0.0103. The molecule has 58 heavy (non-hydrogen) atoms. The van der Waals surface area contributed by atoms with Gasteiger partial charge in [0.15, 0.2) is 0 Å². The summed E-state index contributed by atoms with van der Waals surface area (Å²) in [5.41, 5.74) is 13.4. The van der Waals surface area contributed by atoms with Gasteiger partial charge in [0.2, 0.25) is 0 Å². The van der Waals surface area contributed by atoms with Gasteiger partial charge in [-0.25, -0.2) is 0 Å². The second-order valence-electron chi connectivity index (χ2n) is 16.0. The zero-order chi connectivity index (χ0) is 38.2. The summed E-state index contributed by atoms with van der Waals surface area (Å²) in [5.74, 6) is 1.83. The molecule has 1 aromatic heterocycles. The lowest BCUT2D eigenvalue weighted by Crippen LogP contribution is -2.35. The van der Waals surface area contributed by atoms with Gasteiger partial charge in [-0.3, -0.25) is 10.6 Å². The summed E-state index contributed by atoms with van der Waals surface area (Å²) >= 11 is 1.88. The van der Waals surface area contributed by atoms with Crippen LogP contribution in [0.3, 0.4) is 0 Å². The molecule has 0 amide bonds. The van der Waals surface area contributed by atoms with Gasteiger partial charge in [-0.05, 0) is 93.2 Å². The van der Waals surface area contributed by atoms with E-state index in [0.717, 1.165) is 24.3 Å². The van der Waals surface area contributed by atoms with Crippen LogP contribution in [0.2, 0.25) is 0 Å². The molecule has 3 atom stereocenters. The molecule has 0 saturated carbocycles. The molecule has 1 saturated heterocycles. The summed E-state index contributed by atoms with van der Waals surface area (Å²) in [5, 5.41) is 10.8. The van der Waals surface area contributed by atoms with Gasteiger partial charge in [-0.15, -0.1) is 11.3 Å². The predicted octanol–water partition coefficient (Wildman–Crippen LogP) is 13.6. The van der Waals surface area contributed by atoms with Gasteiger partial charge in [0.05, 0.1) is 11.6 Å². The Morgan fingerprint density at radius 2 is 1.00 bits per heavy atom. The average Bonchev–Trinajstić information content (AvgIpc) is 3.70. The molecule has 1 fully saturated rings. The molecule has 4 heteroatoms. The lowest BCUT2D eigenvalue weighted by molar-refractivity contribution is 0.395. The summed E-state index contributed by atoms with van der Waals surface area (Å²) in [4.78, 5) is 0. The van der Waals surface area contributed by atoms with Crippen molar-refractivity contribution in [2.24, 2.45) is 0 Å². The maximum Gasteiger partial charge on any atom is 0.132 e. The van der Waals surface area contributed by atoms with E-state index in [1.807, 2.05) is 11.3 Å². The smallest absolute Gasteiger partial charge is 0.132 e. The van der Waals surface area contributed by atoms with Crippen molar-refractivity contribution in [1.82, 2.24) is 10.6 Å². The summed E-state index contributed by atoms with van der Waals surface area (Å²) in [6, 6.07) is 69.6. The molecule has 12 rings (SSSR count). The molecular weight excluding hydrogens is 725 g/mol. The monoisotopic (exact) mass is 764 g/mol. The molecule has 8 aromatic carbocycles. The quantitative estimate of drug-likeness (QED) is 0.187. The zero-order valence-corrected chi connectivity index (χ0v) is 32.7. The van der Waals surface area contributed by atoms with Crippen LogP contribution < -0.4 is 15.4 Å². The third kappa shape index (κ3) is 5.19. The normalized spacial score (nSPS) is 18.9. The van der Waals surface area contributed by atoms with E-state index >= 15 is 0 Å². The predicted molar refractivity (Wildman–Crippen MR) is 239 cm³/mol. The Bertz CT molecular complexity index is 2980. The Balaban J connectivity index is 0.916. The lowest BCUT2D eigenvalue weighted by Gasteiger charge is -2.39. The first kappa shape index (κ1) is 33.8. The van der Waals surface area contributed by atoms with Crippen molar-refractivity contribution >= 4 is 31.5 Å². The number of benzene rings is 8. The van der Waals surface area contributed by atoms with Gasteiger partial charge in [0, 0.05) is 43.4 Å². The van der Waals surface area contributed by atoms with E-state index in [1.54, 1.807) is 0 Å². The molecule has 3 nitrogen and oxygen atoms in total. The number of hydrogen-bond donors (Lipinski definition) is 2. The van der Waals surface area contributed by atoms with Crippen LogP contribution >= 0.6 is 11.3 Å². The van der Waals surface area contributed by atoms with Crippen LogP contribution in [0.4, 0.5) is 0 Å². The van der Waals surface area contributed by atoms with Gasteiger partial charge in [-0.1, -0.05) is 158 Å². The van der Waals surface area contributed by atoms with Crippen LogP contribution in [0.1, 0.15) is 70.0 Å². The van der Waals surface area contributed by atoms with Crippen LogP contribution in [0.15, 0.2) is 188 Å². The number of para-hydroxylation sites is 1. The van der Waals surface area contributed by atoms with Crippen LogP contribution in [-0.4, -0.2) is 0 Å². The molecule has 0 bridgehead atoms. The highest BCUT2D eigenvalue weighted by Crippen LogP contribution is 2.62. The largest absolute Gasteiger partial charge is 0.457 e. The molecule has 278 valence electrons. The molecule has 1 aliphatic carbocycles. The topological polar surface area (TPSA) is 33.3 Å². The SMILES string of the molecule is c1ccc(C2CCC(c3ccc(-c4ccc5c(c4)C4(c6ccccc6O5)c5ccccc5-c5ccccc54)cc3)NC(c3ccc4c(c3)sc3ccccc34)N2)cc1. The summed E-state index contributed by atoms with van der Waals surface area (Å²) in [7, 11) is 0. The Morgan fingerprint density at radius 3 is 1.76 bits per heavy atom. The molecular formula is C54H40N2OS. The highest BCUT2D eigenvalue weighted by atomic mass is 32.1. The van der Waals surface area contributed by atoms with Crippen molar-refractivity contribution in [1.29, 1.82) is 0 Å². The highest BCUT2D eigenvalue weighted by Gasteiger charge is 2.51. The standard InChI is InChI=1S/C54H40N2OS/c1-2-12-35(13-3-1)47-29-30-48(56-53(55-47)38-26-28-42-41-16-6-11-21-51(41)58-52(42)33-38)36-24-22-34(23-25-36)37-27-31-50-46(32-37)54(45-19-9-10-20-49(45)57-50)43-17-7-4-14-39(43)40-15-5-8-18-44(40)54/h1-28,31-33,47-48,53,55-56H,29-30H2. The maximum atomic E-state index is 6.71. The average molecular weight is 765 g/mol. The molecule has 1 spiro atoms. The van der Waals surface area contributed by atoms with E-state index < -0.39 is 5.41 Å². The Kier molecular flexibility index (Phi) is 7.81. The van der Waals surface area contributed by atoms with Crippen molar-refractivity contribution < 1.29 is 4.74 Å². The summed E-state index contributed by atoms with van der Waals surface area (Å²) in [6.45, 7) is 0. The fourth-order valence-electron chi connectivity index (χ4n) is 10.2. The van der Waals surface area contributed by atoms with E-state index in [-0.39, 0.29) is 18.2 Å². The first-order valence-electron chi connectivity index (χ1n) is 20.4. The van der Waals surface area contributed by atoms with Gasteiger partial charge in [0.1, 0.15) is 11.5 Å². The van der Waals surface area contributed by atoms with E-state index in [0.29, 0.717) is 0 Å². The molecule has 2 aliphatic heterocycles. The molecule has 0 radical (unpaired) electrons. The maximum absolute atomic E-state index is 6.71. The number of nitrogens with one attached hydrogen (secondary N) is 2. The molecule has 9 aromatic rings. The summed E-state index contributed by atoms with van der Waals surface area (Å²) in [6.07, 6.45) is 2.04. The van der Waals surface area contributed by atoms with Crippen molar-refractivity contribution in [2.45, 2.75) is 36.5 Å². The third-order valence-corrected chi connectivity index (χ3v) is 14.0. The van der Waals surface area contributed by atoms with Crippen LogP contribution in [0.25, 0.3) is 42.4 Å². The van der Waals surface area contributed by atoms with Crippen molar-refractivity contribution in [3.8, 4) is 33.8 Å². The second kappa shape index (κ2) is 13.4. The van der Waals surface area contributed by atoms with Crippen molar-refractivity contribution in [3.05, 3.63) is 227 Å². The number of rotatable bonds is 4. The van der Waals surface area contributed by atoms with Crippen molar-refractivity contribution in [3.63, 3.8) is 0 Å². The summed E-state index contributed by atoms with van der Waals surface area (Å²) < 4.78 is 9.37. The highest BCUT2D eigenvalue weighted by molar-refractivity contribution is 7.25. The second-order valence-corrected chi connectivity index (χ2v) is 17.1. The van der Waals surface area contributed by atoms with E-state index in [9.17, 15) is 0 Å². The lowest BCUT2D eigenvalue weighted by atomic mass is 9.66. The van der Waals surface area contributed by atoms with Gasteiger partial charge in [-0.2, -0.15) is 0 Å². The molecule has 3 aliphatic rings. The van der Waals surface area contributed by atoms with Crippen LogP contribution in [-0.2, 0) is 5.41 Å². The first-order valence-corrected chi connectivity index (χ1v) is 21.2. The van der Waals surface area contributed by atoms with E-state index in [4.69, 9.17) is 4.74 Å². The van der Waals surface area contributed by atoms with Gasteiger partial charge in [0.25, 0.3) is 0 Å². The fraction of sp³-hybridized carbons (Fsp3) is 0.111. The number of thiophene rings is 1. The number of ether oxygens (including phenoxy) is 1. The fourth-order valence-corrected chi connectivity index (χ4v) is 11.4.